The lowest BCUT2D eigenvalue weighted by atomic mass is 10.1. The van der Waals surface area contributed by atoms with Crippen LogP contribution in [0.3, 0.4) is 0 Å². The monoisotopic (exact) mass is 345 g/mol. The molecule has 25 heavy (non-hydrogen) atoms. The number of carbonyl (C=O) groups is 2. The quantitative estimate of drug-likeness (QED) is 0.817. The lowest BCUT2D eigenvalue weighted by molar-refractivity contribution is -0.135. The third-order valence-electron chi connectivity index (χ3n) is 3.70. The minimum atomic E-state index is -0.767. The number of aromatic hydroxyl groups is 1. The Morgan fingerprint density at radius 1 is 1.20 bits per heavy atom. The molecule has 0 aliphatic carbocycles. The van der Waals surface area contributed by atoms with Crippen LogP contribution in [0.2, 0.25) is 0 Å². The lowest BCUT2D eigenvalue weighted by Gasteiger charge is -2.21. The van der Waals surface area contributed by atoms with Crippen molar-refractivity contribution in [3.05, 3.63) is 65.0 Å². The number of amides is 1. The number of ether oxygens (including phenoxy) is 1. The summed E-state index contributed by atoms with van der Waals surface area (Å²) in [7, 11) is 0. The van der Waals surface area contributed by atoms with Crippen LogP contribution in [0.15, 0.2) is 42.5 Å². The van der Waals surface area contributed by atoms with Crippen molar-refractivity contribution in [3.8, 4) is 5.75 Å². The van der Waals surface area contributed by atoms with E-state index in [1.165, 1.54) is 29.2 Å². The molecule has 0 fully saturated rings. The molecule has 0 bridgehead atoms. The van der Waals surface area contributed by atoms with Gasteiger partial charge in [0.05, 0.1) is 0 Å². The molecule has 0 unspecified atom stereocenters. The summed E-state index contributed by atoms with van der Waals surface area (Å²) in [5, 5.41) is 9.72. The van der Waals surface area contributed by atoms with Crippen LogP contribution in [0.5, 0.6) is 5.75 Å². The van der Waals surface area contributed by atoms with Crippen LogP contribution in [0.1, 0.15) is 28.4 Å². The first-order valence-electron chi connectivity index (χ1n) is 7.89. The number of benzene rings is 2. The summed E-state index contributed by atoms with van der Waals surface area (Å²) in [6, 6.07) is 10.5. The second-order valence-corrected chi connectivity index (χ2v) is 5.63. The molecule has 0 aromatic heterocycles. The molecule has 2 rings (SSSR count). The smallest absolute Gasteiger partial charge is 0.342 e. The van der Waals surface area contributed by atoms with Gasteiger partial charge >= 0.3 is 5.97 Å². The van der Waals surface area contributed by atoms with Crippen LogP contribution < -0.4 is 0 Å². The first-order valence-corrected chi connectivity index (χ1v) is 7.89. The van der Waals surface area contributed by atoms with E-state index >= 15 is 0 Å². The van der Waals surface area contributed by atoms with Crippen LogP contribution in [0.4, 0.5) is 4.39 Å². The molecule has 0 spiro atoms. The lowest BCUT2D eigenvalue weighted by Crippen LogP contribution is -2.34. The molecule has 5 nitrogen and oxygen atoms in total. The van der Waals surface area contributed by atoms with E-state index in [0.29, 0.717) is 12.1 Å². The van der Waals surface area contributed by atoms with E-state index in [2.05, 4.69) is 0 Å². The first kappa shape index (κ1) is 18.4. The number of likely N-dealkylation sites (N-methyl/N-ethyl adjacent to an activating group) is 1. The van der Waals surface area contributed by atoms with Gasteiger partial charge in [0.15, 0.2) is 6.61 Å². The fourth-order valence-electron chi connectivity index (χ4n) is 2.34. The van der Waals surface area contributed by atoms with Gasteiger partial charge in [0.1, 0.15) is 17.1 Å². The molecule has 132 valence electrons. The number of hydrogen-bond acceptors (Lipinski definition) is 4. The average Bonchev–Trinajstić information content (AvgIpc) is 2.59. The van der Waals surface area contributed by atoms with Crippen LogP contribution in [-0.2, 0) is 16.1 Å². The highest BCUT2D eigenvalue weighted by atomic mass is 19.1. The number of phenolic OH excluding ortho intramolecular Hbond substituents is 1. The fourth-order valence-corrected chi connectivity index (χ4v) is 2.34. The average molecular weight is 345 g/mol. The highest BCUT2D eigenvalue weighted by Gasteiger charge is 2.18. The molecule has 0 saturated carbocycles. The topological polar surface area (TPSA) is 66.8 Å². The van der Waals surface area contributed by atoms with Crippen molar-refractivity contribution in [2.24, 2.45) is 0 Å². The molecule has 2 aromatic carbocycles. The molecule has 0 atom stereocenters. The highest BCUT2D eigenvalue weighted by Crippen LogP contribution is 2.19. The van der Waals surface area contributed by atoms with Gasteiger partial charge in [0, 0.05) is 13.1 Å². The molecule has 0 aliphatic rings. The van der Waals surface area contributed by atoms with Crippen LogP contribution in [-0.4, -0.2) is 35.0 Å². The van der Waals surface area contributed by atoms with Gasteiger partial charge in [-0.15, -0.1) is 0 Å². The second-order valence-electron chi connectivity index (χ2n) is 5.63. The summed E-state index contributed by atoms with van der Waals surface area (Å²) < 4.78 is 18.2. The zero-order valence-corrected chi connectivity index (χ0v) is 14.2. The Labute approximate surface area is 145 Å². The molecule has 2 aromatic rings. The van der Waals surface area contributed by atoms with Crippen molar-refractivity contribution in [1.29, 1.82) is 0 Å². The maximum atomic E-state index is 13.2. The number of carbonyl (C=O) groups excluding carboxylic acids is 2. The summed E-state index contributed by atoms with van der Waals surface area (Å²) in [5.41, 5.74) is 1.45. The number of phenols is 1. The Hall–Kier alpha value is -2.89. The van der Waals surface area contributed by atoms with Crippen molar-refractivity contribution < 1.29 is 23.8 Å². The zero-order valence-electron chi connectivity index (χ0n) is 14.2. The van der Waals surface area contributed by atoms with Crippen LogP contribution in [0.25, 0.3) is 0 Å². The summed E-state index contributed by atoms with van der Waals surface area (Å²) in [6.07, 6.45) is 0. The number of hydrogen-bond donors (Lipinski definition) is 1. The third kappa shape index (κ3) is 5.04. The Morgan fingerprint density at radius 3 is 2.64 bits per heavy atom. The summed E-state index contributed by atoms with van der Waals surface area (Å²) in [6.45, 7) is 3.73. The van der Waals surface area contributed by atoms with Gasteiger partial charge in [-0.2, -0.15) is 0 Å². The van der Waals surface area contributed by atoms with Crippen molar-refractivity contribution in [3.63, 3.8) is 0 Å². The van der Waals surface area contributed by atoms with Crippen LogP contribution >= 0.6 is 0 Å². The van der Waals surface area contributed by atoms with Crippen LogP contribution in [0, 0.1) is 12.7 Å². The van der Waals surface area contributed by atoms with Gasteiger partial charge in [-0.05, 0) is 43.7 Å². The maximum Gasteiger partial charge on any atom is 0.342 e. The van der Waals surface area contributed by atoms with Crippen molar-refractivity contribution in [2.75, 3.05) is 13.2 Å². The number of halogens is 1. The van der Waals surface area contributed by atoms with Gasteiger partial charge in [0.25, 0.3) is 5.91 Å². The van der Waals surface area contributed by atoms with Crippen molar-refractivity contribution >= 4 is 11.9 Å². The van der Waals surface area contributed by atoms with E-state index in [9.17, 15) is 19.1 Å². The zero-order chi connectivity index (χ0) is 18.4. The largest absolute Gasteiger partial charge is 0.507 e. The molecule has 1 N–H and O–H groups in total. The maximum absolute atomic E-state index is 13.2. The Morgan fingerprint density at radius 2 is 1.96 bits per heavy atom. The summed E-state index contributed by atoms with van der Waals surface area (Å²) in [4.78, 5) is 25.7. The highest BCUT2D eigenvalue weighted by molar-refractivity contribution is 5.94. The fraction of sp³-hybridized carbons (Fsp3) is 0.263. The van der Waals surface area contributed by atoms with E-state index in [4.69, 9.17) is 4.74 Å². The number of rotatable bonds is 6. The minimum Gasteiger partial charge on any atom is -0.507 e. The molecule has 0 heterocycles. The molecule has 0 saturated heterocycles. The third-order valence-corrected chi connectivity index (χ3v) is 3.70. The SMILES string of the molecule is CCN(Cc1cccc(F)c1)C(=O)COC(=O)c1cc(C)ccc1O. The number of nitrogens with zero attached hydrogens (tertiary/aromatic N) is 1. The second kappa shape index (κ2) is 8.28. The van der Waals surface area contributed by atoms with Gasteiger partial charge in [0.2, 0.25) is 0 Å². The number of esters is 1. The van der Waals surface area contributed by atoms with E-state index in [1.54, 1.807) is 32.0 Å². The molecule has 0 radical (unpaired) electrons. The molecule has 1 amide bonds. The molecule has 6 heteroatoms. The molecule has 0 aliphatic heterocycles. The van der Waals surface area contributed by atoms with E-state index in [0.717, 1.165) is 5.56 Å². The predicted octanol–water partition coefficient (Wildman–Crippen LogP) is 3.05. The standard InChI is InChI=1S/C19H20FNO4/c1-3-21(11-14-5-4-6-15(20)10-14)18(23)12-25-19(24)16-9-13(2)7-8-17(16)22/h4-10,22H,3,11-12H2,1-2H3. The van der Waals surface area contributed by atoms with Gasteiger partial charge in [-0.3, -0.25) is 4.79 Å². The van der Waals surface area contributed by atoms with Gasteiger partial charge in [-0.1, -0.05) is 23.8 Å². The van der Waals surface area contributed by atoms with Gasteiger partial charge < -0.3 is 14.7 Å². The van der Waals surface area contributed by atoms with Gasteiger partial charge in [-0.25, -0.2) is 9.18 Å². The number of aryl methyl sites for hydroxylation is 1. The summed E-state index contributed by atoms with van der Waals surface area (Å²) in [5.74, 6) is -1.74. The molecular formula is C19H20FNO4. The Balaban J connectivity index is 1.97. The summed E-state index contributed by atoms with van der Waals surface area (Å²) >= 11 is 0. The Bertz CT molecular complexity index is 776. The van der Waals surface area contributed by atoms with E-state index in [-0.39, 0.29) is 23.7 Å². The van der Waals surface area contributed by atoms with Crippen molar-refractivity contribution in [1.82, 2.24) is 4.90 Å². The predicted molar refractivity (Wildman–Crippen MR) is 90.6 cm³/mol. The van der Waals surface area contributed by atoms with E-state index in [1.807, 2.05) is 0 Å². The van der Waals surface area contributed by atoms with Crippen molar-refractivity contribution in [2.45, 2.75) is 20.4 Å². The Kier molecular flexibility index (Phi) is 6.11. The van der Waals surface area contributed by atoms with E-state index < -0.39 is 18.5 Å². The first-order chi connectivity index (χ1) is 11.9. The minimum absolute atomic E-state index is 0.0148. The normalized spacial score (nSPS) is 10.4. The molecular weight excluding hydrogens is 325 g/mol.